The average Bonchev–Trinajstić information content (AvgIpc) is 2.48. The number of hydrogen-bond donors (Lipinski definition) is 1. The molecular formula is C12H13FN2O2. The Bertz CT molecular complexity index is 474. The molecule has 1 aromatic carbocycles. The maximum absolute atomic E-state index is 13.1. The molecule has 1 aliphatic heterocycles. The van der Waals surface area contributed by atoms with Gasteiger partial charge in [0, 0.05) is 18.5 Å². The first-order valence-electron chi connectivity index (χ1n) is 5.46. The Balaban J connectivity index is 2.51. The van der Waals surface area contributed by atoms with Crippen molar-refractivity contribution in [1.82, 2.24) is 0 Å². The van der Waals surface area contributed by atoms with Crippen LogP contribution in [0.15, 0.2) is 18.2 Å². The minimum absolute atomic E-state index is 0.120. The van der Waals surface area contributed by atoms with Gasteiger partial charge in [0.05, 0.1) is 12.2 Å². The number of halogens is 1. The molecule has 1 amide bonds. The highest BCUT2D eigenvalue weighted by Gasteiger charge is 2.24. The second kappa shape index (κ2) is 4.63. The van der Waals surface area contributed by atoms with Crippen LogP contribution in [0.2, 0.25) is 0 Å². The first-order chi connectivity index (χ1) is 8.13. The van der Waals surface area contributed by atoms with E-state index in [9.17, 15) is 14.0 Å². The number of hydrogen-bond acceptors (Lipinski definition) is 3. The van der Waals surface area contributed by atoms with Crippen LogP contribution in [0.4, 0.5) is 10.1 Å². The van der Waals surface area contributed by atoms with Gasteiger partial charge in [0.1, 0.15) is 5.82 Å². The second-order valence-corrected chi connectivity index (χ2v) is 3.94. The lowest BCUT2D eigenvalue weighted by atomic mass is 10.1. The van der Waals surface area contributed by atoms with E-state index in [0.29, 0.717) is 25.1 Å². The number of benzene rings is 1. The number of rotatable bonds is 1. The summed E-state index contributed by atoms with van der Waals surface area (Å²) in [5, 5.41) is 0. The molecule has 0 saturated heterocycles. The molecule has 0 saturated carbocycles. The summed E-state index contributed by atoms with van der Waals surface area (Å²) in [6, 6.07) is 3.88. The van der Waals surface area contributed by atoms with Gasteiger partial charge in [-0.3, -0.25) is 9.59 Å². The van der Waals surface area contributed by atoms with Crippen molar-refractivity contribution < 1.29 is 14.0 Å². The van der Waals surface area contributed by atoms with E-state index < -0.39 is 5.82 Å². The third-order valence-corrected chi connectivity index (χ3v) is 2.81. The van der Waals surface area contributed by atoms with E-state index in [-0.39, 0.29) is 23.8 Å². The molecule has 0 aromatic heterocycles. The van der Waals surface area contributed by atoms with Gasteiger partial charge in [-0.15, -0.1) is 0 Å². The Morgan fingerprint density at radius 1 is 1.47 bits per heavy atom. The molecule has 0 unspecified atom stereocenters. The minimum atomic E-state index is -0.473. The molecule has 5 heteroatoms. The summed E-state index contributed by atoms with van der Waals surface area (Å²) >= 11 is 0. The molecule has 0 atom stereocenters. The molecule has 0 radical (unpaired) electrons. The van der Waals surface area contributed by atoms with Crippen LogP contribution in [0.1, 0.15) is 23.2 Å². The summed E-state index contributed by atoms with van der Waals surface area (Å²) in [4.78, 5) is 24.9. The van der Waals surface area contributed by atoms with Gasteiger partial charge in [-0.2, -0.15) is 0 Å². The summed E-state index contributed by atoms with van der Waals surface area (Å²) < 4.78 is 13.1. The van der Waals surface area contributed by atoms with Crippen molar-refractivity contribution >= 4 is 17.4 Å². The Hall–Kier alpha value is -1.75. The Kier molecular flexibility index (Phi) is 3.19. The van der Waals surface area contributed by atoms with Gasteiger partial charge in [0.2, 0.25) is 5.91 Å². The van der Waals surface area contributed by atoms with Crippen LogP contribution in [-0.2, 0) is 4.79 Å². The molecule has 0 fully saturated rings. The standard InChI is InChI=1S/C12H13FN2O2/c13-8-3-4-10-9(6-8)11(16)2-1-5-15(10)12(17)7-14/h3-4,6H,1-2,5,7,14H2. The van der Waals surface area contributed by atoms with Gasteiger partial charge in [0.15, 0.2) is 5.78 Å². The summed E-state index contributed by atoms with van der Waals surface area (Å²) in [6.07, 6.45) is 0.895. The normalized spacial score (nSPS) is 15.4. The van der Waals surface area contributed by atoms with E-state index in [2.05, 4.69) is 0 Å². The van der Waals surface area contributed by atoms with E-state index in [1.54, 1.807) is 0 Å². The predicted octanol–water partition coefficient (Wildman–Crippen LogP) is 1.09. The Morgan fingerprint density at radius 3 is 2.94 bits per heavy atom. The number of carbonyl (C=O) groups is 2. The van der Waals surface area contributed by atoms with Crippen LogP contribution >= 0.6 is 0 Å². The number of nitrogens with zero attached hydrogens (tertiary/aromatic N) is 1. The molecule has 0 bridgehead atoms. The molecule has 4 nitrogen and oxygen atoms in total. The van der Waals surface area contributed by atoms with Crippen LogP contribution in [0, 0.1) is 5.82 Å². The highest BCUT2D eigenvalue weighted by molar-refractivity contribution is 6.07. The third kappa shape index (κ3) is 2.19. The molecule has 90 valence electrons. The first-order valence-corrected chi connectivity index (χ1v) is 5.46. The van der Waals surface area contributed by atoms with Gasteiger partial charge in [0.25, 0.3) is 0 Å². The SMILES string of the molecule is NCC(=O)N1CCCC(=O)c2cc(F)ccc21. The molecule has 17 heavy (non-hydrogen) atoms. The molecule has 0 spiro atoms. The van der Waals surface area contributed by atoms with Crippen LogP contribution in [0.3, 0.4) is 0 Å². The van der Waals surface area contributed by atoms with E-state index in [1.165, 1.54) is 23.1 Å². The van der Waals surface area contributed by atoms with Crippen molar-refractivity contribution in [3.63, 3.8) is 0 Å². The molecule has 2 N–H and O–H groups in total. The Labute approximate surface area is 98.2 Å². The first kappa shape index (κ1) is 11.7. The van der Waals surface area contributed by atoms with Crippen LogP contribution in [0.25, 0.3) is 0 Å². The number of ketones is 1. The predicted molar refractivity (Wildman–Crippen MR) is 61.4 cm³/mol. The van der Waals surface area contributed by atoms with Crippen LogP contribution in [-0.4, -0.2) is 24.8 Å². The van der Waals surface area contributed by atoms with E-state index in [4.69, 9.17) is 5.73 Å². The van der Waals surface area contributed by atoms with Crippen LogP contribution in [0.5, 0.6) is 0 Å². The minimum Gasteiger partial charge on any atom is -0.322 e. The zero-order chi connectivity index (χ0) is 12.4. The lowest BCUT2D eigenvalue weighted by Crippen LogP contribution is -2.36. The van der Waals surface area contributed by atoms with Crippen molar-refractivity contribution in [2.24, 2.45) is 5.73 Å². The number of nitrogens with two attached hydrogens (primary N) is 1. The van der Waals surface area contributed by atoms with Crippen molar-refractivity contribution in [3.8, 4) is 0 Å². The number of amides is 1. The van der Waals surface area contributed by atoms with Gasteiger partial charge in [-0.05, 0) is 24.6 Å². The quantitative estimate of drug-likeness (QED) is 0.794. The number of carbonyl (C=O) groups excluding carboxylic acids is 2. The molecule has 1 aliphatic rings. The lowest BCUT2D eigenvalue weighted by Gasteiger charge is -2.21. The molecule has 1 aromatic rings. The van der Waals surface area contributed by atoms with Gasteiger partial charge >= 0.3 is 0 Å². The molecule has 1 heterocycles. The molecule has 0 aliphatic carbocycles. The number of fused-ring (bicyclic) bond motifs is 1. The summed E-state index contributed by atoms with van der Waals surface area (Å²) in [5.41, 5.74) is 6.06. The van der Waals surface area contributed by atoms with Crippen LogP contribution < -0.4 is 10.6 Å². The van der Waals surface area contributed by atoms with Crippen molar-refractivity contribution in [1.29, 1.82) is 0 Å². The maximum Gasteiger partial charge on any atom is 0.240 e. The fraction of sp³-hybridized carbons (Fsp3) is 0.333. The maximum atomic E-state index is 13.1. The van der Waals surface area contributed by atoms with Gasteiger partial charge in [-0.1, -0.05) is 0 Å². The fourth-order valence-corrected chi connectivity index (χ4v) is 1.99. The van der Waals surface area contributed by atoms with Gasteiger partial charge in [-0.25, -0.2) is 4.39 Å². The Morgan fingerprint density at radius 2 is 2.24 bits per heavy atom. The third-order valence-electron chi connectivity index (χ3n) is 2.81. The van der Waals surface area contributed by atoms with E-state index in [0.717, 1.165) is 0 Å². The van der Waals surface area contributed by atoms with Crippen molar-refractivity contribution in [2.75, 3.05) is 18.0 Å². The van der Waals surface area contributed by atoms with E-state index in [1.807, 2.05) is 0 Å². The molecular weight excluding hydrogens is 223 g/mol. The fourth-order valence-electron chi connectivity index (χ4n) is 1.99. The van der Waals surface area contributed by atoms with Crippen molar-refractivity contribution in [2.45, 2.75) is 12.8 Å². The average molecular weight is 236 g/mol. The van der Waals surface area contributed by atoms with E-state index >= 15 is 0 Å². The van der Waals surface area contributed by atoms with Crippen molar-refractivity contribution in [3.05, 3.63) is 29.6 Å². The highest BCUT2D eigenvalue weighted by Crippen LogP contribution is 2.27. The number of Topliss-reactive ketones (excluding diaryl/α,β-unsaturated/α-hetero) is 1. The second-order valence-electron chi connectivity index (χ2n) is 3.94. The smallest absolute Gasteiger partial charge is 0.240 e. The topological polar surface area (TPSA) is 63.4 Å². The lowest BCUT2D eigenvalue weighted by molar-refractivity contribution is -0.117. The number of anilines is 1. The summed E-state index contributed by atoms with van der Waals surface area (Å²) in [7, 11) is 0. The summed E-state index contributed by atoms with van der Waals surface area (Å²) in [6.45, 7) is 0.325. The zero-order valence-corrected chi connectivity index (χ0v) is 9.28. The summed E-state index contributed by atoms with van der Waals surface area (Å²) in [5.74, 6) is -0.862. The zero-order valence-electron chi connectivity index (χ0n) is 9.28. The largest absolute Gasteiger partial charge is 0.322 e. The monoisotopic (exact) mass is 236 g/mol. The highest BCUT2D eigenvalue weighted by atomic mass is 19.1. The molecule has 2 rings (SSSR count). The van der Waals surface area contributed by atoms with Gasteiger partial charge < -0.3 is 10.6 Å².